The molecule has 0 aromatic carbocycles. The van der Waals surface area contributed by atoms with Crippen LogP contribution in [0.1, 0.15) is 28.6 Å². The fourth-order valence-electron chi connectivity index (χ4n) is 2.91. The lowest BCUT2D eigenvalue weighted by Gasteiger charge is -2.32. The molecule has 122 valence electrons. The van der Waals surface area contributed by atoms with E-state index in [1.807, 2.05) is 21.8 Å². The molecule has 1 saturated heterocycles. The van der Waals surface area contributed by atoms with E-state index in [1.165, 1.54) is 11.3 Å². The quantitative estimate of drug-likeness (QED) is 0.731. The molecule has 1 aliphatic heterocycles. The van der Waals surface area contributed by atoms with Crippen LogP contribution in [-0.2, 0) is 0 Å². The SMILES string of the molecule is O=C(c1cnc(-c2cnccn2)s1)N1CCC[C@@H](n2cccn2)C1. The summed E-state index contributed by atoms with van der Waals surface area (Å²) in [6.45, 7) is 1.45. The highest BCUT2D eigenvalue weighted by molar-refractivity contribution is 7.16. The summed E-state index contributed by atoms with van der Waals surface area (Å²) in [5, 5.41) is 5.02. The molecule has 0 N–H and O–H groups in total. The van der Waals surface area contributed by atoms with Crippen LogP contribution in [0.5, 0.6) is 0 Å². The van der Waals surface area contributed by atoms with Crippen LogP contribution < -0.4 is 0 Å². The first kappa shape index (κ1) is 14.9. The smallest absolute Gasteiger partial charge is 0.265 e. The number of rotatable bonds is 3. The van der Waals surface area contributed by atoms with E-state index in [0.29, 0.717) is 22.1 Å². The summed E-state index contributed by atoms with van der Waals surface area (Å²) in [6, 6.07) is 2.15. The van der Waals surface area contributed by atoms with Gasteiger partial charge in [-0.1, -0.05) is 0 Å². The van der Waals surface area contributed by atoms with Gasteiger partial charge in [0, 0.05) is 37.9 Å². The third-order valence-electron chi connectivity index (χ3n) is 4.08. The van der Waals surface area contributed by atoms with Crippen molar-refractivity contribution in [3.05, 3.63) is 48.1 Å². The van der Waals surface area contributed by atoms with Gasteiger partial charge >= 0.3 is 0 Å². The minimum atomic E-state index is 0.0273. The zero-order chi connectivity index (χ0) is 16.4. The number of amides is 1. The first-order chi connectivity index (χ1) is 11.8. The lowest BCUT2D eigenvalue weighted by molar-refractivity contribution is 0.0677. The van der Waals surface area contributed by atoms with Gasteiger partial charge in [-0.25, -0.2) is 4.98 Å². The molecule has 4 rings (SSSR count). The van der Waals surface area contributed by atoms with Crippen molar-refractivity contribution >= 4 is 17.2 Å². The number of piperidine rings is 1. The molecule has 3 aromatic heterocycles. The lowest BCUT2D eigenvalue weighted by atomic mass is 10.1. The van der Waals surface area contributed by atoms with E-state index in [4.69, 9.17) is 0 Å². The van der Waals surface area contributed by atoms with Gasteiger partial charge in [0.1, 0.15) is 15.6 Å². The molecule has 0 aliphatic carbocycles. The second-order valence-corrected chi connectivity index (χ2v) is 6.68. The van der Waals surface area contributed by atoms with Gasteiger partial charge in [-0.15, -0.1) is 11.3 Å². The molecule has 7 nitrogen and oxygen atoms in total. The minimum absolute atomic E-state index is 0.0273. The molecule has 1 fully saturated rings. The number of carbonyl (C=O) groups is 1. The highest BCUT2D eigenvalue weighted by Crippen LogP contribution is 2.26. The van der Waals surface area contributed by atoms with Gasteiger partial charge in [-0.3, -0.25) is 19.4 Å². The maximum atomic E-state index is 12.8. The van der Waals surface area contributed by atoms with Gasteiger partial charge in [0.25, 0.3) is 5.91 Å². The Bertz CT molecular complexity index is 816. The molecule has 3 aromatic rings. The van der Waals surface area contributed by atoms with Crippen LogP contribution in [0, 0.1) is 0 Å². The summed E-state index contributed by atoms with van der Waals surface area (Å²) in [4.78, 5) is 27.9. The normalized spacial score (nSPS) is 17.8. The number of carbonyl (C=O) groups excluding carboxylic acids is 1. The van der Waals surface area contributed by atoms with Gasteiger partial charge < -0.3 is 4.90 Å². The summed E-state index contributed by atoms with van der Waals surface area (Å²) < 4.78 is 1.94. The molecule has 4 heterocycles. The maximum absolute atomic E-state index is 12.8. The van der Waals surface area contributed by atoms with E-state index in [9.17, 15) is 4.79 Å². The van der Waals surface area contributed by atoms with Crippen LogP contribution in [0.2, 0.25) is 0 Å². The molecule has 0 bridgehead atoms. The lowest BCUT2D eigenvalue weighted by Crippen LogP contribution is -2.40. The van der Waals surface area contributed by atoms with E-state index in [0.717, 1.165) is 19.4 Å². The predicted octanol–water partition coefficient (Wildman–Crippen LogP) is 2.27. The molecule has 1 amide bonds. The Morgan fingerprint density at radius 3 is 2.96 bits per heavy atom. The van der Waals surface area contributed by atoms with Crippen molar-refractivity contribution in [3.8, 4) is 10.7 Å². The average molecular weight is 340 g/mol. The number of hydrogen-bond acceptors (Lipinski definition) is 6. The molecule has 0 spiro atoms. The number of likely N-dealkylation sites (tertiary alicyclic amines) is 1. The average Bonchev–Trinajstić information content (AvgIpc) is 3.34. The van der Waals surface area contributed by atoms with Gasteiger partial charge in [0.2, 0.25) is 0 Å². The van der Waals surface area contributed by atoms with E-state index in [2.05, 4.69) is 20.1 Å². The second kappa shape index (κ2) is 6.48. The Labute approximate surface area is 143 Å². The molecule has 0 saturated carbocycles. The Morgan fingerprint density at radius 2 is 2.17 bits per heavy atom. The number of hydrogen-bond donors (Lipinski definition) is 0. The highest BCUT2D eigenvalue weighted by atomic mass is 32.1. The van der Waals surface area contributed by atoms with Crippen LogP contribution in [0.4, 0.5) is 0 Å². The standard InChI is InChI=1S/C16H16N6OS/c23-16(14-10-19-15(24-14)13-9-17-5-6-18-13)21-7-1-3-12(11-21)22-8-2-4-20-22/h2,4-6,8-10,12H,1,3,7,11H2/t12-/m1/s1. The summed E-state index contributed by atoms with van der Waals surface area (Å²) in [5.74, 6) is 0.0273. The third-order valence-corrected chi connectivity index (χ3v) is 5.09. The Balaban J connectivity index is 1.50. The number of aromatic nitrogens is 5. The summed E-state index contributed by atoms with van der Waals surface area (Å²) >= 11 is 1.36. The van der Waals surface area contributed by atoms with E-state index >= 15 is 0 Å². The fourth-order valence-corrected chi connectivity index (χ4v) is 3.75. The summed E-state index contributed by atoms with van der Waals surface area (Å²) in [5.41, 5.74) is 0.689. The van der Waals surface area contributed by atoms with Crippen molar-refractivity contribution < 1.29 is 4.79 Å². The van der Waals surface area contributed by atoms with E-state index in [1.54, 1.807) is 31.0 Å². The molecule has 1 aliphatic rings. The third kappa shape index (κ3) is 2.92. The van der Waals surface area contributed by atoms with E-state index < -0.39 is 0 Å². The first-order valence-corrected chi connectivity index (χ1v) is 8.63. The van der Waals surface area contributed by atoms with Crippen LogP contribution in [0.25, 0.3) is 10.7 Å². The Morgan fingerprint density at radius 1 is 1.21 bits per heavy atom. The summed E-state index contributed by atoms with van der Waals surface area (Å²) in [6.07, 6.45) is 12.3. The molecule has 24 heavy (non-hydrogen) atoms. The van der Waals surface area contributed by atoms with Crippen LogP contribution in [0.3, 0.4) is 0 Å². The molecular formula is C16H16N6OS. The first-order valence-electron chi connectivity index (χ1n) is 7.82. The molecule has 8 heteroatoms. The zero-order valence-electron chi connectivity index (χ0n) is 12.9. The second-order valence-electron chi connectivity index (χ2n) is 5.65. The Hall–Kier alpha value is -2.61. The van der Waals surface area contributed by atoms with Gasteiger partial charge in [-0.2, -0.15) is 5.10 Å². The minimum Gasteiger partial charge on any atom is -0.336 e. The van der Waals surface area contributed by atoms with Crippen molar-refractivity contribution in [2.24, 2.45) is 0 Å². The number of thiazole rings is 1. The van der Waals surface area contributed by atoms with Crippen molar-refractivity contribution in [2.75, 3.05) is 13.1 Å². The van der Waals surface area contributed by atoms with Crippen molar-refractivity contribution in [2.45, 2.75) is 18.9 Å². The molecular weight excluding hydrogens is 324 g/mol. The predicted molar refractivity (Wildman–Crippen MR) is 89.5 cm³/mol. The topological polar surface area (TPSA) is 76.8 Å². The van der Waals surface area contributed by atoms with Crippen LogP contribution >= 0.6 is 11.3 Å². The van der Waals surface area contributed by atoms with Crippen LogP contribution in [0.15, 0.2) is 43.2 Å². The monoisotopic (exact) mass is 340 g/mol. The molecule has 0 radical (unpaired) electrons. The van der Waals surface area contributed by atoms with E-state index in [-0.39, 0.29) is 11.9 Å². The largest absolute Gasteiger partial charge is 0.336 e. The highest BCUT2D eigenvalue weighted by Gasteiger charge is 2.27. The Kier molecular flexibility index (Phi) is 4.04. The van der Waals surface area contributed by atoms with Crippen molar-refractivity contribution in [1.29, 1.82) is 0 Å². The van der Waals surface area contributed by atoms with Crippen LogP contribution in [-0.4, -0.2) is 48.6 Å². The maximum Gasteiger partial charge on any atom is 0.265 e. The van der Waals surface area contributed by atoms with Crippen molar-refractivity contribution in [1.82, 2.24) is 29.6 Å². The van der Waals surface area contributed by atoms with Gasteiger partial charge in [0.15, 0.2) is 0 Å². The molecule has 0 unspecified atom stereocenters. The van der Waals surface area contributed by atoms with Gasteiger partial charge in [-0.05, 0) is 18.9 Å². The van der Waals surface area contributed by atoms with Gasteiger partial charge in [0.05, 0.1) is 18.4 Å². The van der Waals surface area contributed by atoms with Crippen molar-refractivity contribution in [3.63, 3.8) is 0 Å². The molecule has 1 atom stereocenters. The fraction of sp³-hybridized carbons (Fsp3) is 0.312. The zero-order valence-corrected chi connectivity index (χ0v) is 13.8. The number of nitrogens with zero attached hydrogens (tertiary/aromatic N) is 6. The summed E-state index contributed by atoms with van der Waals surface area (Å²) in [7, 11) is 0.